The number of terminal acetylenes is 1. The summed E-state index contributed by atoms with van der Waals surface area (Å²) in [5.41, 5.74) is 2.14. The highest BCUT2D eigenvalue weighted by molar-refractivity contribution is 5.83. The summed E-state index contributed by atoms with van der Waals surface area (Å²) in [6.45, 7) is 4.32. The SMILES string of the molecule is C#CCn1ccc2cc(-n3c(-c4cc(C(C)C)c(O)cc4O)n[nH]c3=O)ccc21. The van der Waals surface area contributed by atoms with Crippen molar-refractivity contribution in [3.63, 3.8) is 0 Å². The Morgan fingerprint density at radius 3 is 2.69 bits per heavy atom. The van der Waals surface area contributed by atoms with Crippen LogP contribution in [0.25, 0.3) is 28.0 Å². The Labute approximate surface area is 166 Å². The molecule has 2 aromatic heterocycles. The van der Waals surface area contributed by atoms with Crippen LogP contribution in [0.1, 0.15) is 25.3 Å². The summed E-state index contributed by atoms with van der Waals surface area (Å²) in [4.78, 5) is 12.5. The summed E-state index contributed by atoms with van der Waals surface area (Å²) in [5.74, 6) is 2.75. The van der Waals surface area contributed by atoms with Gasteiger partial charge in [-0.05, 0) is 41.8 Å². The van der Waals surface area contributed by atoms with Crippen molar-refractivity contribution in [3.8, 4) is 40.9 Å². The number of aromatic nitrogens is 4. The molecule has 0 atom stereocenters. The van der Waals surface area contributed by atoms with Gasteiger partial charge in [0.05, 0.1) is 17.8 Å². The maximum absolute atomic E-state index is 12.5. The van der Waals surface area contributed by atoms with Crippen LogP contribution in [0.4, 0.5) is 0 Å². The van der Waals surface area contributed by atoms with Gasteiger partial charge >= 0.3 is 5.69 Å². The van der Waals surface area contributed by atoms with Crippen molar-refractivity contribution < 1.29 is 10.2 Å². The number of fused-ring (bicyclic) bond motifs is 1. The first-order valence-corrected chi connectivity index (χ1v) is 9.17. The molecule has 0 aliphatic rings. The number of phenolic OH excluding ortho intramolecular Hbond substituents is 2. The molecule has 2 heterocycles. The standard InChI is InChI=1S/C22H20N4O3/c1-4-8-25-9-7-14-10-15(5-6-18(14)25)26-21(23-24-22(26)29)17-11-16(13(2)3)19(27)12-20(17)28/h1,5-7,9-13,27-28H,8H2,2-3H3,(H,24,29). The van der Waals surface area contributed by atoms with Crippen LogP contribution in [0.15, 0.2) is 47.4 Å². The number of rotatable bonds is 4. The second-order valence-corrected chi connectivity index (χ2v) is 7.16. The van der Waals surface area contributed by atoms with Gasteiger partial charge < -0.3 is 14.8 Å². The minimum Gasteiger partial charge on any atom is -0.508 e. The topological polar surface area (TPSA) is 96.1 Å². The highest BCUT2D eigenvalue weighted by atomic mass is 16.3. The van der Waals surface area contributed by atoms with Crippen molar-refractivity contribution >= 4 is 10.9 Å². The van der Waals surface area contributed by atoms with Crippen LogP contribution >= 0.6 is 0 Å². The number of phenols is 2. The average molecular weight is 388 g/mol. The summed E-state index contributed by atoms with van der Waals surface area (Å²) in [7, 11) is 0. The monoisotopic (exact) mass is 388 g/mol. The molecule has 0 saturated heterocycles. The lowest BCUT2D eigenvalue weighted by molar-refractivity contribution is 0.444. The zero-order chi connectivity index (χ0) is 20.7. The summed E-state index contributed by atoms with van der Waals surface area (Å²) < 4.78 is 3.34. The Hall–Kier alpha value is -3.92. The van der Waals surface area contributed by atoms with E-state index in [9.17, 15) is 15.0 Å². The van der Waals surface area contributed by atoms with Crippen LogP contribution in [0.3, 0.4) is 0 Å². The van der Waals surface area contributed by atoms with Gasteiger partial charge in [0.25, 0.3) is 0 Å². The van der Waals surface area contributed by atoms with Gasteiger partial charge in [-0.2, -0.15) is 5.10 Å². The molecule has 7 heteroatoms. The van der Waals surface area contributed by atoms with E-state index in [-0.39, 0.29) is 23.2 Å². The summed E-state index contributed by atoms with van der Waals surface area (Å²) in [6.07, 6.45) is 7.31. The fraction of sp³-hybridized carbons (Fsp3) is 0.182. The van der Waals surface area contributed by atoms with Gasteiger partial charge in [0.1, 0.15) is 11.5 Å². The molecule has 4 rings (SSSR count). The molecular weight excluding hydrogens is 368 g/mol. The summed E-state index contributed by atoms with van der Waals surface area (Å²) in [5, 5.41) is 28.0. The maximum Gasteiger partial charge on any atom is 0.348 e. The smallest absolute Gasteiger partial charge is 0.348 e. The third-order valence-corrected chi connectivity index (χ3v) is 4.95. The van der Waals surface area contributed by atoms with Crippen LogP contribution in [0.5, 0.6) is 11.5 Å². The van der Waals surface area contributed by atoms with Crippen molar-refractivity contribution in [2.24, 2.45) is 0 Å². The van der Waals surface area contributed by atoms with E-state index in [4.69, 9.17) is 6.42 Å². The first-order chi connectivity index (χ1) is 13.9. The molecule has 0 amide bonds. The molecule has 29 heavy (non-hydrogen) atoms. The minimum absolute atomic E-state index is 0.00181. The van der Waals surface area contributed by atoms with E-state index >= 15 is 0 Å². The van der Waals surface area contributed by atoms with Crippen molar-refractivity contribution in [2.45, 2.75) is 26.3 Å². The van der Waals surface area contributed by atoms with Gasteiger partial charge in [-0.25, -0.2) is 14.5 Å². The van der Waals surface area contributed by atoms with E-state index in [0.29, 0.717) is 23.4 Å². The molecule has 0 radical (unpaired) electrons. The Morgan fingerprint density at radius 1 is 1.17 bits per heavy atom. The van der Waals surface area contributed by atoms with Crippen LogP contribution in [0.2, 0.25) is 0 Å². The molecule has 7 nitrogen and oxygen atoms in total. The van der Waals surface area contributed by atoms with E-state index in [1.54, 1.807) is 12.1 Å². The van der Waals surface area contributed by atoms with E-state index in [1.165, 1.54) is 10.6 Å². The zero-order valence-corrected chi connectivity index (χ0v) is 16.0. The molecule has 146 valence electrons. The normalized spacial score (nSPS) is 11.2. The highest BCUT2D eigenvalue weighted by Crippen LogP contribution is 2.37. The van der Waals surface area contributed by atoms with Crippen LogP contribution < -0.4 is 5.69 Å². The molecule has 0 aliphatic carbocycles. The fourth-order valence-electron chi connectivity index (χ4n) is 3.52. The van der Waals surface area contributed by atoms with Gasteiger partial charge in [0, 0.05) is 23.2 Å². The zero-order valence-electron chi connectivity index (χ0n) is 16.0. The minimum atomic E-state index is -0.430. The van der Waals surface area contributed by atoms with Crippen molar-refractivity contribution in [1.29, 1.82) is 0 Å². The van der Waals surface area contributed by atoms with E-state index in [1.807, 2.05) is 42.8 Å². The molecule has 0 aliphatic heterocycles. The lowest BCUT2D eigenvalue weighted by atomic mass is 9.98. The Balaban J connectivity index is 1.90. The number of aromatic hydroxyl groups is 2. The first-order valence-electron chi connectivity index (χ1n) is 9.17. The molecule has 0 spiro atoms. The lowest BCUT2D eigenvalue weighted by Crippen LogP contribution is -2.15. The van der Waals surface area contributed by atoms with Crippen molar-refractivity contribution in [2.75, 3.05) is 0 Å². The summed E-state index contributed by atoms with van der Waals surface area (Å²) >= 11 is 0. The van der Waals surface area contributed by atoms with Gasteiger partial charge in [0.2, 0.25) is 0 Å². The van der Waals surface area contributed by atoms with Crippen LogP contribution in [-0.4, -0.2) is 29.5 Å². The van der Waals surface area contributed by atoms with E-state index in [2.05, 4.69) is 16.1 Å². The Morgan fingerprint density at radius 2 is 1.97 bits per heavy atom. The number of hydrogen-bond donors (Lipinski definition) is 3. The first kappa shape index (κ1) is 18.4. The van der Waals surface area contributed by atoms with E-state index in [0.717, 1.165) is 10.9 Å². The van der Waals surface area contributed by atoms with Crippen molar-refractivity contribution in [1.82, 2.24) is 19.3 Å². The number of nitrogens with zero attached hydrogens (tertiary/aromatic N) is 3. The molecule has 4 aromatic rings. The predicted octanol–water partition coefficient (Wildman–Crippen LogP) is 3.35. The number of aromatic amines is 1. The molecular formula is C22H20N4O3. The average Bonchev–Trinajstić information content (AvgIpc) is 3.25. The lowest BCUT2D eigenvalue weighted by Gasteiger charge is -2.13. The largest absolute Gasteiger partial charge is 0.508 e. The number of benzene rings is 2. The molecule has 0 saturated carbocycles. The molecule has 0 bridgehead atoms. The van der Waals surface area contributed by atoms with Gasteiger partial charge in [-0.3, -0.25) is 0 Å². The number of hydrogen-bond acceptors (Lipinski definition) is 4. The van der Waals surface area contributed by atoms with Crippen molar-refractivity contribution in [3.05, 3.63) is 58.6 Å². The maximum atomic E-state index is 12.5. The van der Waals surface area contributed by atoms with Crippen LogP contribution in [-0.2, 0) is 6.54 Å². The Kier molecular flexibility index (Phi) is 4.40. The molecule has 2 aromatic carbocycles. The second-order valence-electron chi connectivity index (χ2n) is 7.16. The second kappa shape index (κ2) is 6.91. The number of nitrogens with one attached hydrogen (secondary N) is 1. The highest BCUT2D eigenvalue weighted by Gasteiger charge is 2.19. The summed E-state index contributed by atoms with van der Waals surface area (Å²) in [6, 6.07) is 10.4. The number of H-pyrrole nitrogens is 1. The third-order valence-electron chi connectivity index (χ3n) is 4.95. The van der Waals surface area contributed by atoms with Gasteiger partial charge in [-0.15, -0.1) is 6.42 Å². The third kappa shape index (κ3) is 3.05. The molecule has 0 unspecified atom stereocenters. The van der Waals surface area contributed by atoms with Gasteiger partial charge in [0.15, 0.2) is 5.82 Å². The predicted molar refractivity (Wildman–Crippen MR) is 111 cm³/mol. The van der Waals surface area contributed by atoms with E-state index < -0.39 is 5.69 Å². The Bertz CT molecular complexity index is 1320. The van der Waals surface area contributed by atoms with Crippen LogP contribution in [0, 0.1) is 12.3 Å². The molecule has 3 N–H and O–H groups in total. The fourth-order valence-corrected chi connectivity index (χ4v) is 3.52. The molecule has 0 fully saturated rings. The van der Waals surface area contributed by atoms with Gasteiger partial charge in [-0.1, -0.05) is 19.8 Å². The quantitative estimate of drug-likeness (QED) is 0.467.